The zero-order valence-electron chi connectivity index (χ0n) is 10.1. The maximum Gasteiger partial charge on any atom is 0.331 e. The number of aliphatic carboxylic acids is 1. The van der Waals surface area contributed by atoms with E-state index in [1.54, 1.807) is 13.8 Å². The summed E-state index contributed by atoms with van der Waals surface area (Å²) in [7, 11) is 0. The van der Waals surface area contributed by atoms with E-state index in [0.717, 1.165) is 14.5 Å². The third kappa shape index (κ3) is 2.55. The fourth-order valence-electron chi connectivity index (χ4n) is 1.49. The maximum atomic E-state index is 11.3. The van der Waals surface area contributed by atoms with E-state index >= 15 is 0 Å². The highest BCUT2D eigenvalue weighted by molar-refractivity contribution is 9.11. The lowest BCUT2D eigenvalue weighted by molar-refractivity contribution is -0.146. The van der Waals surface area contributed by atoms with E-state index < -0.39 is 11.5 Å². The zero-order chi connectivity index (χ0) is 14.2. The first kappa shape index (κ1) is 14.1. The van der Waals surface area contributed by atoms with Crippen molar-refractivity contribution in [2.75, 3.05) is 0 Å². The van der Waals surface area contributed by atoms with E-state index in [0.29, 0.717) is 5.82 Å². The van der Waals surface area contributed by atoms with Crippen LogP contribution in [0.2, 0.25) is 0 Å². The molecule has 0 fully saturated rings. The van der Waals surface area contributed by atoms with Crippen molar-refractivity contribution < 1.29 is 9.90 Å². The van der Waals surface area contributed by atoms with Gasteiger partial charge in [0, 0.05) is 14.5 Å². The molecule has 0 radical (unpaired) electrons. The summed E-state index contributed by atoms with van der Waals surface area (Å²) in [6.45, 7) is 3.09. The largest absolute Gasteiger partial charge is 0.479 e. The Balaban J connectivity index is 2.60. The Kier molecular flexibility index (Phi) is 3.73. The van der Waals surface area contributed by atoms with Gasteiger partial charge < -0.3 is 5.11 Å². The number of aromatic nitrogens is 4. The molecule has 1 heterocycles. The van der Waals surface area contributed by atoms with Gasteiger partial charge in [-0.1, -0.05) is 15.9 Å². The van der Waals surface area contributed by atoms with E-state index in [1.807, 2.05) is 18.2 Å². The quantitative estimate of drug-likeness (QED) is 0.872. The monoisotopic (exact) mass is 388 g/mol. The minimum absolute atomic E-state index is 0.395. The Hall–Kier alpha value is -1.28. The zero-order valence-corrected chi connectivity index (χ0v) is 13.3. The molecule has 0 unspecified atom stereocenters. The molecule has 1 aromatic carbocycles. The second-order valence-corrected chi connectivity index (χ2v) is 6.17. The number of tetrazole rings is 1. The normalized spacial score (nSPS) is 11.6. The molecular weight excluding hydrogens is 380 g/mol. The van der Waals surface area contributed by atoms with E-state index in [2.05, 4.69) is 47.4 Å². The molecule has 0 aliphatic heterocycles. The standard InChI is InChI=1S/C11H10Br2N4O2/c1-11(2,10(18)19)17-9(14-15-16-17)7-4-3-6(12)5-8(7)13/h3-5H,1-2H3,(H,18,19). The summed E-state index contributed by atoms with van der Waals surface area (Å²) in [5.41, 5.74) is -0.506. The molecule has 0 atom stereocenters. The lowest BCUT2D eigenvalue weighted by atomic mass is 10.1. The number of hydrogen-bond acceptors (Lipinski definition) is 4. The minimum atomic E-state index is -1.23. The van der Waals surface area contributed by atoms with Crippen LogP contribution in [0.1, 0.15) is 13.8 Å². The van der Waals surface area contributed by atoms with Gasteiger partial charge in [-0.25, -0.2) is 9.48 Å². The van der Waals surface area contributed by atoms with Crippen LogP contribution in [0, 0.1) is 0 Å². The molecule has 100 valence electrons. The number of halogens is 2. The first-order chi connectivity index (χ1) is 8.84. The minimum Gasteiger partial charge on any atom is -0.479 e. The van der Waals surface area contributed by atoms with Crippen molar-refractivity contribution in [3.8, 4) is 11.4 Å². The van der Waals surface area contributed by atoms with Crippen molar-refractivity contribution in [3.05, 3.63) is 27.1 Å². The molecule has 0 saturated heterocycles. The summed E-state index contributed by atoms with van der Waals surface area (Å²) in [5.74, 6) is -0.610. The molecule has 19 heavy (non-hydrogen) atoms. The van der Waals surface area contributed by atoms with E-state index in [9.17, 15) is 9.90 Å². The van der Waals surface area contributed by atoms with Crippen LogP contribution in [-0.4, -0.2) is 31.3 Å². The van der Waals surface area contributed by atoms with Crippen molar-refractivity contribution in [2.45, 2.75) is 19.4 Å². The van der Waals surface area contributed by atoms with Crippen molar-refractivity contribution >= 4 is 37.8 Å². The molecule has 2 aromatic rings. The third-order valence-corrected chi connectivity index (χ3v) is 3.84. The molecular formula is C11H10Br2N4O2. The smallest absolute Gasteiger partial charge is 0.331 e. The van der Waals surface area contributed by atoms with Gasteiger partial charge in [-0.3, -0.25) is 0 Å². The third-order valence-electron chi connectivity index (χ3n) is 2.69. The van der Waals surface area contributed by atoms with Crippen LogP contribution in [-0.2, 0) is 10.3 Å². The number of benzene rings is 1. The van der Waals surface area contributed by atoms with Gasteiger partial charge in [0.2, 0.25) is 0 Å². The Morgan fingerprint density at radius 3 is 2.63 bits per heavy atom. The van der Waals surface area contributed by atoms with E-state index in [4.69, 9.17) is 0 Å². The molecule has 1 aromatic heterocycles. The van der Waals surface area contributed by atoms with Gasteiger partial charge in [-0.05, 0) is 58.4 Å². The highest BCUT2D eigenvalue weighted by Gasteiger charge is 2.34. The average molecular weight is 390 g/mol. The van der Waals surface area contributed by atoms with E-state index in [1.165, 1.54) is 4.68 Å². The lowest BCUT2D eigenvalue weighted by Crippen LogP contribution is -2.37. The van der Waals surface area contributed by atoms with Gasteiger partial charge in [0.15, 0.2) is 11.4 Å². The van der Waals surface area contributed by atoms with Gasteiger partial charge in [0.25, 0.3) is 0 Å². The predicted octanol–water partition coefficient (Wildman–Crippen LogP) is 2.68. The van der Waals surface area contributed by atoms with Crippen molar-refractivity contribution in [2.24, 2.45) is 0 Å². The molecule has 0 aliphatic rings. The fraction of sp³-hybridized carbons (Fsp3) is 0.273. The predicted molar refractivity (Wildman–Crippen MR) is 75.6 cm³/mol. The Labute approximate surface area is 126 Å². The summed E-state index contributed by atoms with van der Waals surface area (Å²) in [5, 5.41) is 20.6. The highest BCUT2D eigenvalue weighted by Crippen LogP contribution is 2.31. The number of hydrogen-bond donors (Lipinski definition) is 1. The molecule has 0 aliphatic carbocycles. The van der Waals surface area contributed by atoms with Crippen molar-refractivity contribution in [1.29, 1.82) is 0 Å². The number of carboxylic acids is 1. The Morgan fingerprint density at radius 1 is 1.37 bits per heavy atom. The van der Waals surface area contributed by atoms with Crippen LogP contribution in [0.3, 0.4) is 0 Å². The number of rotatable bonds is 3. The van der Waals surface area contributed by atoms with E-state index in [-0.39, 0.29) is 0 Å². The topological polar surface area (TPSA) is 80.9 Å². The molecule has 6 nitrogen and oxygen atoms in total. The van der Waals surface area contributed by atoms with Crippen LogP contribution >= 0.6 is 31.9 Å². The fourth-order valence-corrected chi connectivity index (χ4v) is 2.72. The summed E-state index contributed by atoms with van der Waals surface area (Å²) in [6, 6.07) is 5.50. The first-order valence-electron chi connectivity index (χ1n) is 5.31. The number of carboxylic acid groups (broad SMARTS) is 1. The van der Waals surface area contributed by atoms with Gasteiger partial charge in [0.1, 0.15) is 0 Å². The first-order valence-corrected chi connectivity index (χ1v) is 6.90. The van der Waals surface area contributed by atoms with Crippen LogP contribution in [0.15, 0.2) is 27.1 Å². The van der Waals surface area contributed by atoms with Gasteiger partial charge in [-0.2, -0.15) is 0 Å². The van der Waals surface area contributed by atoms with Gasteiger partial charge >= 0.3 is 5.97 Å². The van der Waals surface area contributed by atoms with Crippen LogP contribution in [0.4, 0.5) is 0 Å². The molecule has 0 spiro atoms. The molecule has 0 saturated carbocycles. The van der Waals surface area contributed by atoms with Crippen LogP contribution in [0.25, 0.3) is 11.4 Å². The summed E-state index contributed by atoms with van der Waals surface area (Å²) >= 11 is 6.78. The van der Waals surface area contributed by atoms with Gasteiger partial charge in [0.05, 0.1) is 0 Å². The Morgan fingerprint density at radius 2 is 2.05 bits per heavy atom. The lowest BCUT2D eigenvalue weighted by Gasteiger charge is -2.20. The molecule has 8 heteroatoms. The number of nitrogens with zero attached hydrogens (tertiary/aromatic N) is 4. The summed E-state index contributed by atoms with van der Waals surface area (Å²) in [6.07, 6.45) is 0. The molecule has 1 N–H and O–H groups in total. The van der Waals surface area contributed by atoms with Crippen molar-refractivity contribution in [3.63, 3.8) is 0 Å². The highest BCUT2D eigenvalue weighted by atomic mass is 79.9. The Bertz CT molecular complexity index is 639. The molecule has 0 amide bonds. The van der Waals surface area contributed by atoms with Crippen molar-refractivity contribution in [1.82, 2.24) is 20.2 Å². The van der Waals surface area contributed by atoms with Crippen LogP contribution < -0.4 is 0 Å². The molecule has 0 bridgehead atoms. The SMILES string of the molecule is CC(C)(C(=O)O)n1nnnc1-c1ccc(Br)cc1Br. The second-order valence-electron chi connectivity index (χ2n) is 4.40. The molecule has 2 rings (SSSR count). The summed E-state index contributed by atoms with van der Waals surface area (Å²) < 4.78 is 2.97. The number of carbonyl (C=O) groups is 1. The van der Waals surface area contributed by atoms with Crippen LogP contribution in [0.5, 0.6) is 0 Å². The average Bonchev–Trinajstić information content (AvgIpc) is 2.78. The van der Waals surface area contributed by atoms with Gasteiger partial charge in [-0.15, -0.1) is 5.10 Å². The summed E-state index contributed by atoms with van der Waals surface area (Å²) in [4.78, 5) is 11.3. The second kappa shape index (κ2) is 5.01. The maximum absolute atomic E-state index is 11.3.